The van der Waals surface area contributed by atoms with Crippen LogP contribution in [0.5, 0.6) is 0 Å². The predicted molar refractivity (Wildman–Crippen MR) is 86.9 cm³/mol. The van der Waals surface area contributed by atoms with Gasteiger partial charge < -0.3 is 9.64 Å². The van der Waals surface area contributed by atoms with Gasteiger partial charge in [-0.15, -0.1) is 0 Å². The quantitative estimate of drug-likeness (QED) is 0.605. The molecule has 8 heteroatoms. The number of nitrogens with zero attached hydrogens (tertiary/aromatic N) is 3. The molecule has 126 valence electrons. The number of hydrogen-bond acceptors (Lipinski definition) is 5. The summed E-state index contributed by atoms with van der Waals surface area (Å²) < 4.78 is 5.15. The van der Waals surface area contributed by atoms with Gasteiger partial charge in [-0.05, 0) is 19.1 Å². The number of hydrogen-bond donors (Lipinski definition) is 0. The fourth-order valence-electron chi connectivity index (χ4n) is 2.68. The van der Waals surface area contributed by atoms with E-state index in [1.165, 1.54) is 18.2 Å². The summed E-state index contributed by atoms with van der Waals surface area (Å²) in [6.45, 7) is 5.53. The first kappa shape index (κ1) is 17.7. The molecule has 23 heavy (non-hydrogen) atoms. The van der Waals surface area contributed by atoms with Gasteiger partial charge >= 0.3 is 0 Å². The lowest BCUT2D eigenvalue weighted by Gasteiger charge is -2.37. The van der Waals surface area contributed by atoms with Crippen LogP contribution in [0, 0.1) is 10.1 Å². The Morgan fingerprint density at radius 1 is 1.39 bits per heavy atom. The SMILES string of the molecule is COCC(C)N1CCN(C(=O)c2ccc([N+](=O)[O-])c(Cl)c2)CC1. The molecule has 0 aromatic heterocycles. The first-order chi connectivity index (χ1) is 10.9. The van der Waals surface area contributed by atoms with E-state index in [1.807, 2.05) is 0 Å². The van der Waals surface area contributed by atoms with E-state index in [4.69, 9.17) is 16.3 Å². The van der Waals surface area contributed by atoms with Crippen LogP contribution in [0.4, 0.5) is 5.69 Å². The van der Waals surface area contributed by atoms with Gasteiger partial charge in [0.25, 0.3) is 11.6 Å². The zero-order valence-corrected chi connectivity index (χ0v) is 14.0. The lowest BCUT2D eigenvalue weighted by Crippen LogP contribution is -2.52. The number of halogens is 1. The van der Waals surface area contributed by atoms with Gasteiger partial charge in [-0.25, -0.2) is 0 Å². The largest absolute Gasteiger partial charge is 0.383 e. The van der Waals surface area contributed by atoms with Crippen molar-refractivity contribution in [1.29, 1.82) is 0 Å². The second kappa shape index (κ2) is 7.72. The van der Waals surface area contributed by atoms with E-state index in [9.17, 15) is 14.9 Å². The molecule has 2 rings (SSSR count). The van der Waals surface area contributed by atoms with Crippen molar-refractivity contribution in [3.8, 4) is 0 Å². The van der Waals surface area contributed by atoms with E-state index in [0.717, 1.165) is 13.1 Å². The Balaban J connectivity index is 2.00. The highest BCUT2D eigenvalue weighted by Gasteiger charge is 2.25. The lowest BCUT2D eigenvalue weighted by atomic mass is 10.1. The number of benzene rings is 1. The standard InChI is InChI=1S/C15H20ClN3O4/c1-11(10-23-2)17-5-7-18(8-6-17)15(20)12-3-4-14(19(21)22)13(16)9-12/h3-4,9,11H,5-8,10H2,1-2H3. The summed E-state index contributed by atoms with van der Waals surface area (Å²) in [5.41, 5.74) is 0.181. The molecule has 0 bridgehead atoms. The number of rotatable bonds is 5. The zero-order valence-electron chi connectivity index (χ0n) is 13.2. The molecule has 1 heterocycles. The highest BCUT2D eigenvalue weighted by molar-refractivity contribution is 6.33. The summed E-state index contributed by atoms with van der Waals surface area (Å²) in [5.74, 6) is -0.152. The van der Waals surface area contributed by atoms with Gasteiger partial charge in [0.1, 0.15) is 5.02 Å². The topological polar surface area (TPSA) is 75.9 Å². The van der Waals surface area contributed by atoms with Crippen LogP contribution in [0.25, 0.3) is 0 Å². The fourth-order valence-corrected chi connectivity index (χ4v) is 2.93. The molecule has 1 aliphatic heterocycles. The highest BCUT2D eigenvalue weighted by Crippen LogP contribution is 2.25. The first-order valence-corrected chi connectivity index (χ1v) is 7.78. The van der Waals surface area contributed by atoms with Crippen molar-refractivity contribution in [2.75, 3.05) is 39.9 Å². The zero-order chi connectivity index (χ0) is 17.0. The van der Waals surface area contributed by atoms with Gasteiger partial charge in [0.15, 0.2) is 0 Å². The first-order valence-electron chi connectivity index (χ1n) is 7.40. The van der Waals surface area contributed by atoms with Gasteiger partial charge in [-0.3, -0.25) is 19.8 Å². The number of methoxy groups -OCH3 is 1. The Labute approximate surface area is 139 Å². The van der Waals surface area contributed by atoms with Crippen molar-refractivity contribution in [2.24, 2.45) is 0 Å². The van der Waals surface area contributed by atoms with Crippen LogP contribution in [0.15, 0.2) is 18.2 Å². The van der Waals surface area contributed by atoms with Gasteiger partial charge in [0, 0.05) is 51.0 Å². The fraction of sp³-hybridized carbons (Fsp3) is 0.533. The molecule has 1 amide bonds. The summed E-state index contributed by atoms with van der Waals surface area (Å²) in [4.78, 5) is 26.7. The summed E-state index contributed by atoms with van der Waals surface area (Å²) in [6.07, 6.45) is 0. The van der Waals surface area contributed by atoms with Crippen LogP contribution in [0.2, 0.25) is 5.02 Å². The third kappa shape index (κ3) is 4.19. The Morgan fingerprint density at radius 2 is 2.04 bits per heavy atom. The average molecular weight is 342 g/mol. The molecular weight excluding hydrogens is 322 g/mol. The number of nitro groups is 1. The molecule has 7 nitrogen and oxygen atoms in total. The van der Waals surface area contributed by atoms with Crippen LogP contribution in [0.1, 0.15) is 17.3 Å². The van der Waals surface area contributed by atoms with Gasteiger partial charge in [-0.1, -0.05) is 11.6 Å². The van der Waals surface area contributed by atoms with Crippen molar-refractivity contribution in [3.63, 3.8) is 0 Å². The van der Waals surface area contributed by atoms with Crippen LogP contribution < -0.4 is 0 Å². The molecule has 1 aromatic rings. The molecule has 1 saturated heterocycles. The molecule has 0 radical (unpaired) electrons. The van der Waals surface area contributed by atoms with Gasteiger partial charge in [0.2, 0.25) is 0 Å². The second-order valence-corrected chi connectivity index (χ2v) is 5.96. The van der Waals surface area contributed by atoms with E-state index in [-0.39, 0.29) is 16.6 Å². The molecule has 1 aromatic carbocycles. The monoisotopic (exact) mass is 341 g/mol. The van der Waals surface area contributed by atoms with Gasteiger partial charge in [0.05, 0.1) is 11.5 Å². The Morgan fingerprint density at radius 3 is 2.57 bits per heavy atom. The number of nitro benzene ring substituents is 1. The maximum Gasteiger partial charge on any atom is 0.287 e. The molecule has 0 N–H and O–H groups in total. The summed E-state index contributed by atoms with van der Waals surface area (Å²) >= 11 is 5.87. The number of piperazine rings is 1. The normalized spacial score (nSPS) is 17.1. The minimum Gasteiger partial charge on any atom is -0.383 e. The summed E-state index contributed by atoms with van der Waals surface area (Å²) in [6, 6.07) is 4.40. The smallest absolute Gasteiger partial charge is 0.287 e. The molecule has 1 aliphatic rings. The average Bonchev–Trinajstić information content (AvgIpc) is 2.54. The van der Waals surface area contributed by atoms with Crippen molar-refractivity contribution in [3.05, 3.63) is 38.9 Å². The predicted octanol–water partition coefficient (Wildman–Crippen LogP) is 2.04. The molecular formula is C15H20ClN3O4. The third-order valence-electron chi connectivity index (χ3n) is 4.02. The summed E-state index contributed by atoms with van der Waals surface area (Å²) in [5, 5.41) is 10.7. The minimum atomic E-state index is -0.563. The van der Waals surface area contributed by atoms with Crippen LogP contribution >= 0.6 is 11.6 Å². The highest BCUT2D eigenvalue weighted by atomic mass is 35.5. The number of amides is 1. The van der Waals surface area contributed by atoms with Gasteiger partial charge in [-0.2, -0.15) is 0 Å². The van der Waals surface area contributed by atoms with Crippen molar-refractivity contribution < 1.29 is 14.5 Å². The van der Waals surface area contributed by atoms with E-state index < -0.39 is 4.92 Å². The molecule has 0 spiro atoms. The van der Waals surface area contributed by atoms with Crippen LogP contribution in [0.3, 0.4) is 0 Å². The van der Waals surface area contributed by atoms with Crippen LogP contribution in [-0.4, -0.2) is 66.6 Å². The maximum atomic E-state index is 12.5. The molecule has 0 aliphatic carbocycles. The maximum absolute atomic E-state index is 12.5. The van der Waals surface area contributed by atoms with E-state index >= 15 is 0 Å². The molecule has 1 unspecified atom stereocenters. The van der Waals surface area contributed by atoms with Crippen molar-refractivity contribution in [2.45, 2.75) is 13.0 Å². The molecule has 1 atom stereocenters. The number of carbonyl (C=O) groups excluding carboxylic acids is 1. The second-order valence-electron chi connectivity index (χ2n) is 5.56. The Kier molecular flexibility index (Phi) is 5.92. The Hall–Kier alpha value is -1.70. The van der Waals surface area contributed by atoms with E-state index in [2.05, 4.69) is 11.8 Å². The molecule has 0 saturated carbocycles. The van der Waals surface area contributed by atoms with Crippen LogP contribution in [-0.2, 0) is 4.74 Å². The van der Waals surface area contributed by atoms with Crippen molar-refractivity contribution in [1.82, 2.24) is 9.80 Å². The van der Waals surface area contributed by atoms with Crippen molar-refractivity contribution >= 4 is 23.2 Å². The number of ether oxygens (including phenoxy) is 1. The third-order valence-corrected chi connectivity index (χ3v) is 4.33. The lowest BCUT2D eigenvalue weighted by molar-refractivity contribution is -0.384. The van der Waals surface area contributed by atoms with E-state index in [1.54, 1.807) is 12.0 Å². The number of carbonyl (C=O) groups is 1. The minimum absolute atomic E-state index is 0.0202. The molecule has 1 fully saturated rings. The Bertz CT molecular complexity index is 588. The summed E-state index contributed by atoms with van der Waals surface area (Å²) in [7, 11) is 1.68. The van der Waals surface area contributed by atoms with E-state index in [0.29, 0.717) is 31.3 Å².